The van der Waals surface area contributed by atoms with E-state index in [0.717, 1.165) is 48.5 Å². The number of benzene rings is 1. The normalized spacial score (nSPS) is 15.1. The molecule has 0 aliphatic carbocycles. The molecule has 1 saturated heterocycles. The smallest absolute Gasteiger partial charge is 0.142 e. The van der Waals surface area contributed by atoms with E-state index in [1.54, 1.807) is 0 Å². The van der Waals surface area contributed by atoms with Crippen LogP contribution in [0.5, 0.6) is 5.75 Å². The van der Waals surface area contributed by atoms with E-state index in [0.29, 0.717) is 17.3 Å². The Morgan fingerprint density at radius 1 is 1.28 bits per heavy atom. The van der Waals surface area contributed by atoms with Crippen LogP contribution in [-0.4, -0.2) is 24.2 Å². The quantitative estimate of drug-likeness (QED) is 0.893. The molecule has 25 heavy (non-hydrogen) atoms. The van der Waals surface area contributed by atoms with E-state index >= 15 is 0 Å². The lowest BCUT2D eigenvalue weighted by Gasteiger charge is -2.24. The highest BCUT2D eigenvalue weighted by Gasteiger charge is 2.22. The first-order chi connectivity index (χ1) is 12.1. The molecule has 130 valence electrons. The summed E-state index contributed by atoms with van der Waals surface area (Å²) >= 11 is 0. The summed E-state index contributed by atoms with van der Waals surface area (Å²) in [6.07, 6.45) is 2.13. The summed E-state index contributed by atoms with van der Waals surface area (Å²) in [6, 6.07) is 12.1. The van der Waals surface area contributed by atoms with Crippen molar-refractivity contribution in [1.82, 2.24) is 10.3 Å². The number of nitrogens with one attached hydrogen (secondary N) is 1. The zero-order valence-corrected chi connectivity index (χ0v) is 14.7. The molecule has 3 rings (SSSR count). The minimum Gasteiger partial charge on any atom is -0.491 e. The van der Waals surface area contributed by atoms with Gasteiger partial charge >= 0.3 is 0 Å². The molecule has 3 N–H and O–H groups in total. The number of anilines is 1. The highest BCUT2D eigenvalue weighted by atomic mass is 16.5. The van der Waals surface area contributed by atoms with Gasteiger partial charge in [-0.2, -0.15) is 5.26 Å². The third-order valence-corrected chi connectivity index (χ3v) is 4.47. The van der Waals surface area contributed by atoms with Gasteiger partial charge in [0.2, 0.25) is 0 Å². The molecular weight excluding hydrogens is 312 g/mol. The molecule has 1 aromatic heterocycles. The zero-order chi connectivity index (χ0) is 17.8. The Morgan fingerprint density at radius 3 is 2.72 bits per heavy atom. The van der Waals surface area contributed by atoms with Crippen LogP contribution in [0.1, 0.15) is 43.7 Å². The number of nitrogen functional groups attached to an aromatic ring is 1. The Bertz CT molecular complexity index is 789. The van der Waals surface area contributed by atoms with Crippen molar-refractivity contribution >= 4 is 5.82 Å². The first kappa shape index (κ1) is 17.2. The van der Waals surface area contributed by atoms with Crippen LogP contribution in [0.3, 0.4) is 0 Å². The first-order valence-electron chi connectivity index (χ1n) is 8.77. The molecule has 0 radical (unpaired) electrons. The number of hydrogen-bond donors (Lipinski definition) is 2. The molecule has 1 aliphatic rings. The second kappa shape index (κ2) is 7.54. The molecule has 1 fully saturated rings. The van der Waals surface area contributed by atoms with Crippen LogP contribution in [0.15, 0.2) is 30.3 Å². The molecule has 0 spiro atoms. The molecule has 5 heteroatoms. The van der Waals surface area contributed by atoms with Gasteiger partial charge in [-0.25, -0.2) is 4.98 Å². The van der Waals surface area contributed by atoms with Crippen LogP contribution in [-0.2, 0) is 0 Å². The predicted molar refractivity (Wildman–Crippen MR) is 99.4 cm³/mol. The number of nitrogens with zero attached hydrogens (tertiary/aromatic N) is 2. The molecule has 2 heterocycles. The number of rotatable bonds is 4. The van der Waals surface area contributed by atoms with Gasteiger partial charge in [0, 0.05) is 5.56 Å². The molecule has 5 nitrogen and oxygen atoms in total. The molecule has 0 bridgehead atoms. The fourth-order valence-electron chi connectivity index (χ4n) is 3.31. The number of piperidine rings is 1. The van der Waals surface area contributed by atoms with E-state index in [2.05, 4.69) is 16.4 Å². The van der Waals surface area contributed by atoms with Crippen molar-refractivity contribution < 1.29 is 4.74 Å². The van der Waals surface area contributed by atoms with Crippen LogP contribution in [0.25, 0.3) is 11.3 Å². The SMILES string of the molecule is CC(C)Oc1cccc(-c2cc(C3CCNCC3)c(C#N)c(N)n2)c1. The second-order valence-corrected chi connectivity index (χ2v) is 6.69. The Balaban J connectivity index is 2.02. The second-order valence-electron chi connectivity index (χ2n) is 6.69. The predicted octanol–water partition coefficient (Wildman–Crippen LogP) is 3.46. The van der Waals surface area contributed by atoms with Gasteiger partial charge in [0.15, 0.2) is 0 Å². The monoisotopic (exact) mass is 336 g/mol. The van der Waals surface area contributed by atoms with E-state index in [1.165, 1.54) is 0 Å². The molecule has 2 aromatic rings. The van der Waals surface area contributed by atoms with Crippen molar-refractivity contribution in [2.24, 2.45) is 0 Å². The van der Waals surface area contributed by atoms with Crippen molar-refractivity contribution in [3.63, 3.8) is 0 Å². The minimum absolute atomic E-state index is 0.111. The highest BCUT2D eigenvalue weighted by molar-refractivity contribution is 5.68. The summed E-state index contributed by atoms with van der Waals surface area (Å²) in [4.78, 5) is 4.47. The lowest BCUT2D eigenvalue weighted by Crippen LogP contribution is -2.27. The molecule has 0 atom stereocenters. The van der Waals surface area contributed by atoms with Gasteiger partial charge in [0.1, 0.15) is 17.6 Å². The van der Waals surface area contributed by atoms with Gasteiger partial charge in [-0.15, -0.1) is 0 Å². The van der Waals surface area contributed by atoms with Crippen molar-refractivity contribution in [1.29, 1.82) is 5.26 Å². The third kappa shape index (κ3) is 3.92. The summed E-state index contributed by atoms with van der Waals surface area (Å²) in [5.41, 5.74) is 9.39. The average molecular weight is 336 g/mol. The number of nitriles is 1. The van der Waals surface area contributed by atoms with Crippen LogP contribution in [0.4, 0.5) is 5.82 Å². The van der Waals surface area contributed by atoms with Gasteiger partial charge in [-0.3, -0.25) is 0 Å². The summed E-state index contributed by atoms with van der Waals surface area (Å²) < 4.78 is 5.78. The van der Waals surface area contributed by atoms with Crippen LogP contribution >= 0.6 is 0 Å². The number of ether oxygens (including phenoxy) is 1. The lowest BCUT2D eigenvalue weighted by atomic mass is 9.87. The Morgan fingerprint density at radius 2 is 2.04 bits per heavy atom. The van der Waals surface area contributed by atoms with E-state index in [1.807, 2.05) is 44.2 Å². The van der Waals surface area contributed by atoms with E-state index in [-0.39, 0.29) is 6.10 Å². The first-order valence-corrected chi connectivity index (χ1v) is 8.77. The Kier molecular flexibility index (Phi) is 5.20. The molecule has 0 saturated carbocycles. The van der Waals surface area contributed by atoms with E-state index in [9.17, 15) is 5.26 Å². The topological polar surface area (TPSA) is 84.0 Å². The molecule has 1 aliphatic heterocycles. The van der Waals surface area contributed by atoms with Crippen LogP contribution in [0.2, 0.25) is 0 Å². The van der Waals surface area contributed by atoms with Crippen LogP contribution < -0.4 is 15.8 Å². The van der Waals surface area contributed by atoms with Gasteiger partial charge in [-0.1, -0.05) is 12.1 Å². The maximum Gasteiger partial charge on any atom is 0.142 e. The lowest BCUT2D eigenvalue weighted by molar-refractivity contribution is 0.242. The maximum absolute atomic E-state index is 9.53. The standard InChI is InChI=1S/C20H24N4O/c1-13(2)25-16-5-3-4-15(10-16)19-11-17(14-6-8-23-9-7-14)18(12-21)20(22)24-19/h3-5,10-11,13-14,23H,6-9H2,1-2H3,(H2,22,24). The van der Waals surface area contributed by atoms with Crippen molar-refractivity contribution in [2.75, 3.05) is 18.8 Å². The van der Waals surface area contributed by atoms with Crippen molar-refractivity contribution in [3.8, 4) is 23.1 Å². The fraction of sp³-hybridized carbons (Fsp3) is 0.400. The largest absolute Gasteiger partial charge is 0.491 e. The summed E-state index contributed by atoms with van der Waals surface area (Å²) in [6.45, 7) is 5.93. The fourth-order valence-corrected chi connectivity index (χ4v) is 3.31. The van der Waals surface area contributed by atoms with Gasteiger partial charge < -0.3 is 15.8 Å². The number of hydrogen-bond acceptors (Lipinski definition) is 5. The summed E-state index contributed by atoms with van der Waals surface area (Å²) in [7, 11) is 0. The number of aromatic nitrogens is 1. The van der Waals surface area contributed by atoms with Gasteiger partial charge in [0.05, 0.1) is 17.4 Å². The molecule has 1 aromatic carbocycles. The Hall–Kier alpha value is -2.58. The number of pyridine rings is 1. The molecule has 0 amide bonds. The van der Waals surface area contributed by atoms with E-state index in [4.69, 9.17) is 10.5 Å². The number of nitrogens with two attached hydrogens (primary N) is 1. The molecule has 0 unspecified atom stereocenters. The minimum atomic E-state index is 0.111. The van der Waals surface area contributed by atoms with Crippen molar-refractivity contribution in [3.05, 3.63) is 41.5 Å². The van der Waals surface area contributed by atoms with E-state index < -0.39 is 0 Å². The van der Waals surface area contributed by atoms with Crippen LogP contribution in [0, 0.1) is 11.3 Å². The molecular formula is C20H24N4O. The average Bonchev–Trinajstić information content (AvgIpc) is 2.61. The highest BCUT2D eigenvalue weighted by Crippen LogP contribution is 2.34. The van der Waals surface area contributed by atoms with Gasteiger partial charge in [0.25, 0.3) is 0 Å². The third-order valence-electron chi connectivity index (χ3n) is 4.47. The maximum atomic E-state index is 9.53. The van der Waals surface area contributed by atoms with Gasteiger partial charge in [-0.05, 0) is 69.5 Å². The van der Waals surface area contributed by atoms with Crippen molar-refractivity contribution in [2.45, 2.75) is 38.7 Å². The summed E-state index contributed by atoms with van der Waals surface area (Å²) in [5.74, 6) is 1.46. The Labute approximate surface area is 148 Å². The summed E-state index contributed by atoms with van der Waals surface area (Å²) in [5, 5.41) is 12.9. The zero-order valence-electron chi connectivity index (χ0n) is 14.7.